The van der Waals surface area contributed by atoms with Crippen molar-refractivity contribution in [3.8, 4) is 45.3 Å². The van der Waals surface area contributed by atoms with Crippen LogP contribution in [0.5, 0.6) is 23.0 Å². The zero-order chi connectivity index (χ0) is 97.7. The minimum Gasteiger partial charge on any atom is -0.493 e. The first-order chi connectivity index (χ1) is 65.5. The van der Waals surface area contributed by atoms with Crippen LogP contribution in [0.15, 0.2) is 194 Å². The van der Waals surface area contributed by atoms with Crippen molar-refractivity contribution >= 4 is 52.3 Å². The van der Waals surface area contributed by atoms with Gasteiger partial charge in [0.15, 0.2) is 22.4 Å². The largest absolute Gasteiger partial charge is 0.493 e. The van der Waals surface area contributed by atoms with Gasteiger partial charge in [-0.25, -0.2) is 9.59 Å². The summed E-state index contributed by atoms with van der Waals surface area (Å²) in [6.45, 7) is 42.1. The Balaban J connectivity index is 0.000000405. The second-order valence-electron chi connectivity index (χ2n) is 40.8. The summed E-state index contributed by atoms with van der Waals surface area (Å²) in [7, 11) is -3.58. The number of hydrogen-bond donors (Lipinski definition) is 5. The van der Waals surface area contributed by atoms with E-state index in [1.54, 1.807) is 0 Å². The van der Waals surface area contributed by atoms with Gasteiger partial charge in [-0.1, -0.05) is 358 Å². The lowest BCUT2D eigenvalue weighted by molar-refractivity contribution is -0.131. The van der Waals surface area contributed by atoms with Crippen molar-refractivity contribution in [1.29, 1.82) is 0 Å². The molecule has 0 unspecified atom stereocenters. The molecule has 1 heterocycles. The number of carbonyl (C=O) groups excluding carboxylic acids is 6. The van der Waals surface area contributed by atoms with E-state index in [4.69, 9.17) is 32.5 Å². The van der Waals surface area contributed by atoms with E-state index in [9.17, 15) is 24.0 Å². The Hall–Kier alpha value is -9.87. The fourth-order valence-electron chi connectivity index (χ4n) is 21.6. The van der Waals surface area contributed by atoms with E-state index in [2.05, 4.69) is 172 Å². The number of likely N-dealkylation sites (N-methyl/N-ethyl adjacent to an activating group) is 1. The van der Waals surface area contributed by atoms with Crippen molar-refractivity contribution in [2.24, 2.45) is 17.8 Å². The van der Waals surface area contributed by atoms with Crippen LogP contribution in [0.1, 0.15) is 315 Å². The molecule has 0 saturated heterocycles. The van der Waals surface area contributed by atoms with Gasteiger partial charge in [-0.05, 0) is 177 Å². The Morgan fingerprint density at radius 3 is 1.04 bits per heavy atom. The number of nitrogens with one attached hydrogen (secondary N) is 5. The van der Waals surface area contributed by atoms with Crippen molar-refractivity contribution in [3.63, 3.8) is 0 Å². The van der Waals surface area contributed by atoms with Gasteiger partial charge in [0.2, 0.25) is 17.7 Å². The molecule has 5 N–H and O–H groups in total. The third-order valence-electron chi connectivity index (χ3n) is 28.1. The van der Waals surface area contributed by atoms with Crippen LogP contribution < -0.4 is 40.8 Å². The first-order valence-electron chi connectivity index (χ1n) is 51.8. The van der Waals surface area contributed by atoms with Crippen molar-refractivity contribution in [2.45, 2.75) is 335 Å². The Morgan fingerprint density at radius 1 is 0.346 bits per heavy atom. The Labute approximate surface area is 817 Å². The zero-order valence-electron chi connectivity index (χ0n) is 85.2. The van der Waals surface area contributed by atoms with Gasteiger partial charge in [0.25, 0.3) is 0 Å². The first kappa shape index (κ1) is 108. The fraction of sp³-hybridized carbons (Fsp3) is 0.534. The fourth-order valence-corrected chi connectivity index (χ4v) is 32.5. The molecule has 0 spiro atoms. The highest BCUT2D eigenvalue weighted by atomic mass is 28.4. The van der Waals surface area contributed by atoms with Gasteiger partial charge in [-0.2, -0.15) is 0 Å². The number of hydrogen-bond acceptors (Lipinski definition) is 13. The number of alkyl carbamates (subject to hydrolysis) is 2. The molecule has 11 rings (SSSR count). The topological polar surface area (TPSA) is 227 Å². The summed E-state index contributed by atoms with van der Waals surface area (Å²) in [4.78, 5) is 82.9. The summed E-state index contributed by atoms with van der Waals surface area (Å²) in [5, 5.41) is 14.8. The average Bonchev–Trinajstić information content (AvgIpc) is 1.49. The molecule has 136 heavy (non-hydrogen) atoms. The lowest BCUT2D eigenvalue weighted by Gasteiger charge is -2.42. The molecule has 3 aliphatic rings. The van der Waals surface area contributed by atoms with E-state index in [1.165, 1.54) is 77.0 Å². The summed E-state index contributed by atoms with van der Waals surface area (Å²) < 4.78 is 44.9. The zero-order valence-corrected chi connectivity index (χ0v) is 87.2. The normalized spacial score (nSPS) is 13.8. The number of benzene rings is 8. The maximum Gasteiger partial charge on any atom is 0.407 e. The molecule has 0 radical (unpaired) electrons. The molecule has 0 bridgehead atoms. The van der Waals surface area contributed by atoms with E-state index < -0.39 is 64.8 Å². The number of carbonyl (C=O) groups is 6. The van der Waals surface area contributed by atoms with Crippen molar-refractivity contribution in [2.75, 3.05) is 46.2 Å². The number of unbranched alkanes of at least 4 members (excludes halogenated alkanes) is 16. The lowest BCUT2D eigenvalue weighted by Crippen LogP contribution is -2.54. The van der Waals surface area contributed by atoms with Crippen LogP contribution in [0, 0.1) is 17.8 Å². The van der Waals surface area contributed by atoms with Gasteiger partial charge in [-0.15, -0.1) is 0 Å². The van der Waals surface area contributed by atoms with Crippen LogP contribution in [-0.4, -0.2) is 117 Å². The highest BCUT2D eigenvalue weighted by Gasteiger charge is 2.47. The summed E-state index contributed by atoms with van der Waals surface area (Å²) in [5.41, 5.74) is 16.1. The smallest absolute Gasteiger partial charge is 0.407 e. The maximum atomic E-state index is 15.1. The summed E-state index contributed by atoms with van der Waals surface area (Å²) >= 11 is 0. The molecule has 0 saturated carbocycles. The molecule has 2 aliphatic carbocycles. The molecule has 18 nitrogen and oxygen atoms in total. The third kappa shape index (κ3) is 30.8. The number of Topliss-reactive ketones (excluding diaryl/α,β-unsaturated/α-hetero) is 1. The molecule has 4 atom stereocenters. The SMILES string of the molecule is CC(C)C[C@H](CC(=O)[C@H](Cc1ccccc1)NC(=O)OCC1c2ccccc2-c2ccccc21)C(=O)NC1c2ccc(OCCCCCCCCCCCO[Si](C(C)C)(C(C)C)C(C)C)cc2Oc2cc(OCCCCCCCCCCCO[Si](C(C)C)(C(C)C)C(C)C)ccc21.CCNC(=O)[C@H](CC(C)C)NC(=O)[C@H](Cc1ccccc1)NC(=O)OCC1c2ccccc2-c2ccccc21. The highest BCUT2D eigenvalue weighted by Crippen LogP contribution is 2.50. The highest BCUT2D eigenvalue weighted by molar-refractivity contribution is 6.78. The average molecular weight is 1890 g/mol. The monoisotopic (exact) mass is 1890 g/mol. The Morgan fingerprint density at radius 2 is 0.684 bits per heavy atom. The van der Waals surface area contributed by atoms with Gasteiger partial charge < -0.3 is 59.1 Å². The number of amides is 5. The van der Waals surface area contributed by atoms with Crippen LogP contribution >= 0.6 is 0 Å². The van der Waals surface area contributed by atoms with Crippen LogP contribution in [0.25, 0.3) is 22.3 Å². The van der Waals surface area contributed by atoms with Gasteiger partial charge in [0.05, 0.1) is 25.3 Å². The van der Waals surface area contributed by atoms with E-state index >= 15 is 4.79 Å². The number of rotatable bonds is 57. The summed E-state index contributed by atoms with van der Waals surface area (Å²) in [6.07, 6.45) is 21.4. The van der Waals surface area contributed by atoms with Crippen LogP contribution in [0.2, 0.25) is 33.2 Å². The molecule has 1 aliphatic heterocycles. The minimum atomic E-state index is -1.79. The first-order valence-corrected chi connectivity index (χ1v) is 56.0. The summed E-state index contributed by atoms with van der Waals surface area (Å²) in [5.74, 6) is 0.862. The van der Waals surface area contributed by atoms with E-state index in [1.807, 2.05) is 166 Å². The Kier molecular flexibility index (Phi) is 43.8. The molecule has 20 heteroatoms. The van der Waals surface area contributed by atoms with Crippen LogP contribution in [0.4, 0.5) is 9.59 Å². The molecule has 738 valence electrons. The van der Waals surface area contributed by atoms with E-state index in [0.717, 1.165) is 119 Å². The summed E-state index contributed by atoms with van der Waals surface area (Å²) in [6, 6.07) is 60.6. The molecule has 0 fully saturated rings. The maximum absolute atomic E-state index is 15.1. The second-order valence-corrected chi connectivity index (χ2v) is 51.8. The van der Waals surface area contributed by atoms with Crippen LogP contribution in [0.3, 0.4) is 0 Å². The second kappa shape index (κ2) is 55.1. The predicted octanol–water partition coefficient (Wildman–Crippen LogP) is 27.7. The number of ether oxygens (including phenoxy) is 5. The molecule has 8 aromatic rings. The molecule has 8 aromatic carbocycles. The van der Waals surface area contributed by atoms with Gasteiger partial charge in [0.1, 0.15) is 48.3 Å². The van der Waals surface area contributed by atoms with Crippen molar-refractivity contribution in [3.05, 3.63) is 239 Å². The van der Waals surface area contributed by atoms with Crippen LogP contribution in [-0.2, 0) is 50.3 Å². The molecular formula is C116H163N5O13Si2. The molecule has 0 aromatic heterocycles. The predicted molar refractivity (Wildman–Crippen MR) is 558 cm³/mol. The van der Waals surface area contributed by atoms with E-state index in [0.29, 0.717) is 88.8 Å². The van der Waals surface area contributed by atoms with Gasteiger partial charge >= 0.3 is 12.2 Å². The van der Waals surface area contributed by atoms with Gasteiger partial charge in [0, 0.05) is 73.6 Å². The van der Waals surface area contributed by atoms with E-state index in [-0.39, 0.29) is 73.7 Å². The molecular weight excluding hydrogens is 1730 g/mol. The van der Waals surface area contributed by atoms with Crippen molar-refractivity contribution < 1.29 is 61.3 Å². The standard InChI is InChI=1S/C84H126N2O9Si2.C32H37N3O4/c1-60(2)54-68(56-79(87)78(55-67-40-30-29-31-41-67)85-84(89)92-59-77-73-44-34-32-42-71(73)72-43-33-35-45-74(72)77)83(88)86-82-75-48-46-69(90-50-36-25-21-17-15-19-23-27-38-52-93-96(61(3)4,62(5)6)63(7)8)57-80(75)95-81-58-70(47-49-76(81)82)91-51-37-26-22-18-16-20-24-28-39-53-94-97(64(9)10,65(11)12)66(13)14;1-4-33-30(36)28(18-21(2)3)34-31(37)29(19-22-12-6-5-7-13-22)35-32(38)39-20-27-25-16-10-8-14-23(25)24-15-9-11-17-26(24)27/h29-35,40-49,57-58,60-66,68,77-78,82H,15-28,36-39,50-56,59H2,1-14H3,(H,85,89)(H,86,88);5-17,21,27-29H,4,18-20H2,1-3H3,(H,33,36)(H,34,37)(H,35,38)/t68-,78+;28-,29-/m10/s1. The number of ketones is 1. The minimum absolute atomic E-state index is 0.0749. The quantitative estimate of drug-likeness (QED) is 0.0177. The number of fused-ring (bicyclic) bond motifs is 8. The van der Waals surface area contributed by atoms with Crippen molar-refractivity contribution in [1.82, 2.24) is 26.6 Å². The third-order valence-corrected chi connectivity index (χ3v) is 40.4. The Bertz CT molecular complexity index is 4770. The van der Waals surface area contributed by atoms with Gasteiger partial charge in [-0.3, -0.25) is 19.2 Å². The molecule has 5 amide bonds. The lowest BCUT2D eigenvalue weighted by atomic mass is 9.87.